The van der Waals surface area contributed by atoms with E-state index in [2.05, 4.69) is 34.5 Å². The minimum Gasteiger partial charge on any atom is -0.296 e. The summed E-state index contributed by atoms with van der Waals surface area (Å²) in [7, 11) is 0. The Bertz CT molecular complexity index is 1330. The first-order chi connectivity index (χ1) is 16.6. The summed E-state index contributed by atoms with van der Waals surface area (Å²) in [6.07, 6.45) is 1.90. The van der Waals surface area contributed by atoms with E-state index >= 15 is 0 Å². The summed E-state index contributed by atoms with van der Waals surface area (Å²) in [5, 5.41) is 17.2. The van der Waals surface area contributed by atoms with E-state index in [0.29, 0.717) is 28.9 Å². The van der Waals surface area contributed by atoms with Crippen LogP contribution >= 0.6 is 11.3 Å². The summed E-state index contributed by atoms with van der Waals surface area (Å²) in [5.41, 5.74) is 2.25. The van der Waals surface area contributed by atoms with E-state index in [-0.39, 0.29) is 5.56 Å². The Labute approximate surface area is 202 Å². The molecule has 0 aliphatic heterocycles. The van der Waals surface area contributed by atoms with Gasteiger partial charge in [0.15, 0.2) is 0 Å². The average molecular weight is 474 g/mol. The molecule has 0 bridgehead atoms. The van der Waals surface area contributed by atoms with Gasteiger partial charge < -0.3 is 0 Å². The molecule has 34 heavy (non-hydrogen) atoms. The van der Waals surface area contributed by atoms with Crippen LogP contribution in [0.4, 0.5) is 5.13 Å². The molecule has 1 N–H and O–H groups in total. The fourth-order valence-electron chi connectivity index (χ4n) is 3.93. The Morgan fingerprint density at radius 1 is 0.941 bits per heavy atom. The highest BCUT2D eigenvalue weighted by molar-refractivity contribution is 7.15. The van der Waals surface area contributed by atoms with E-state index in [0.717, 1.165) is 29.0 Å². The topological polar surface area (TPSA) is 89.8 Å². The number of aromatic nitrogens is 4. The zero-order valence-electron chi connectivity index (χ0n) is 19.5. The van der Waals surface area contributed by atoms with Crippen LogP contribution in [0.25, 0.3) is 22.4 Å². The molecule has 0 fully saturated rings. The average Bonchev–Trinajstić information content (AvgIpc) is 3.33. The SMILES string of the molecule is CCC(CC)c1nnc(NC(=O)c2c(-c3ccccc3)c(-c3ccccc3)nn(CC)c2=O)s1. The maximum Gasteiger partial charge on any atom is 0.280 e. The molecular formula is C26H27N5O2S. The standard InChI is InChI=1S/C26H27N5O2S/c1-4-17(5-2)24-28-29-26(34-24)27-23(32)21-20(18-13-9-7-10-14-18)22(19-15-11-8-12-16-19)30-31(6-3)25(21)33/h7-17H,4-6H2,1-3H3,(H,27,29,32). The molecule has 0 aliphatic rings. The van der Waals surface area contributed by atoms with Crippen LogP contribution in [0.15, 0.2) is 65.5 Å². The second kappa shape index (κ2) is 10.5. The van der Waals surface area contributed by atoms with Crippen molar-refractivity contribution in [1.29, 1.82) is 0 Å². The third-order valence-electron chi connectivity index (χ3n) is 5.79. The van der Waals surface area contributed by atoms with Gasteiger partial charge in [0.2, 0.25) is 5.13 Å². The van der Waals surface area contributed by atoms with E-state index in [1.807, 2.05) is 67.6 Å². The fraction of sp³-hybridized carbons (Fsp3) is 0.269. The van der Waals surface area contributed by atoms with E-state index in [1.54, 1.807) is 0 Å². The van der Waals surface area contributed by atoms with Crippen molar-refractivity contribution >= 4 is 22.4 Å². The smallest absolute Gasteiger partial charge is 0.280 e. The van der Waals surface area contributed by atoms with Gasteiger partial charge in [-0.25, -0.2) is 4.68 Å². The first kappa shape index (κ1) is 23.5. The van der Waals surface area contributed by atoms with Crippen LogP contribution in [0, 0.1) is 0 Å². The number of nitrogens with one attached hydrogen (secondary N) is 1. The molecule has 7 nitrogen and oxygen atoms in total. The van der Waals surface area contributed by atoms with Crippen LogP contribution in [0.1, 0.15) is 54.9 Å². The molecule has 0 aliphatic carbocycles. The van der Waals surface area contributed by atoms with Gasteiger partial charge in [0.25, 0.3) is 11.5 Å². The van der Waals surface area contributed by atoms with Gasteiger partial charge in [-0.1, -0.05) is 85.8 Å². The number of carbonyl (C=O) groups excluding carboxylic acids is 1. The molecule has 2 aromatic carbocycles. The fourth-order valence-corrected chi connectivity index (χ4v) is 4.93. The molecule has 174 valence electrons. The third-order valence-corrected chi connectivity index (χ3v) is 6.79. The number of carbonyl (C=O) groups is 1. The minimum atomic E-state index is -0.516. The lowest BCUT2D eigenvalue weighted by Crippen LogP contribution is -2.32. The third kappa shape index (κ3) is 4.68. The monoisotopic (exact) mass is 473 g/mol. The molecule has 4 aromatic rings. The summed E-state index contributed by atoms with van der Waals surface area (Å²) in [6, 6.07) is 19.0. The zero-order chi connectivity index (χ0) is 24.1. The van der Waals surface area contributed by atoms with E-state index in [1.165, 1.54) is 16.0 Å². The summed E-state index contributed by atoms with van der Waals surface area (Å²) in [6.45, 7) is 6.38. The van der Waals surface area contributed by atoms with Gasteiger partial charge in [0.1, 0.15) is 10.6 Å². The number of aryl methyl sites for hydroxylation is 1. The Morgan fingerprint density at radius 2 is 1.56 bits per heavy atom. The van der Waals surface area contributed by atoms with Crippen LogP contribution in [0.5, 0.6) is 0 Å². The molecule has 1 amide bonds. The van der Waals surface area contributed by atoms with E-state index in [9.17, 15) is 9.59 Å². The lowest BCUT2D eigenvalue weighted by Gasteiger charge is -2.16. The second-order valence-corrected chi connectivity index (χ2v) is 8.87. The first-order valence-electron chi connectivity index (χ1n) is 11.5. The normalized spacial score (nSPS) is 11.1. The van der Waals surface area contributed by atoms with Crippen molar-refractivity contribution in [3.63, 3.8) is 0 Å². The van der Waals surface area contributed by atoms with Gasteiger partial charge in [-0.05, 0) is 25.3 Å². The lowest BCUT2D eigenvalue weighted by molar-refractivity contribution is 0.102. The van der Waals surface area contributed by atoms with Crippen LogP contribution in [-0.2, 0) is 6.54 Å². The van der Waals surface area contributed by atoms with Crippen molar-refractivity contribution < 1.29 is 4.79 Å². The van der Waals surface area contributed by atoms with E-state index in [4.69, 9.17) is 0 Å². The van der Waals surface area contributed by atoms with Gasteiger partial charge >= 0.3 is 0 Å². The van der Waals surface area contributed by atoms with Crippen LogP contribution in [0.3, 0.4) is 0 Å². The number of amides is 1. The molecule has 2 aromatic heterocycles. The van der Waals surface area contributed by atoms with Crippen LogP contribution < -0.4 is 10.9 Å². The number of anilines is 1. The van der Waals surface area contributed by atoms with Gasteiger partial charge in [0, 0.05) is 23.6 Å². The molecule has 0 spiro atoms. The minimum absolute atomic E-state index is 0.0428. The molecule has 0 saturated heterocycles. The van der Waals surface area contributed by atoms with Crippen molar-refractivity contribution in [2.24, 2.45) is 0 Å². The largest absolute Gasteiger partial charge is 0.296 e. The Kier molecular flexibility index (Phi) is 7.27. The van der Waals surface area contributed by atoms with Crippen LogP contribution in [0.2, 0.25) is 0 Å². The quantitative estimate of drug-likeness (QED) is 0.359. The molecule has 0 atom stereocenters. The van der Waals surface area contributed by atoms with Gasteiger partial charge in [0.05, 0.1) is 5.69 Å². The summed E-state index contributed by atoms with van der Waals surface area (Å²) >= 11 is 1.35. The number of hydrogen-bond donors (Lipinski definition) is 1. The van der Waals surface area contributed by atoms with Gasteiger partial charge in [-0.3, -0.25) is 14.9 Å². The Balaban J connectivity index is 1.87. The summed E-state index contributed by atoms with van der Waals surface area (Å²) < 4.78 is 1.33. The summed E-state index contributed by atoms with van der Waals surface area (Å²) in [5.74, 6) is -0.219. The van der Waals surface area contributed by atoms with Crippen molar-refractivity contribution in [2.45, 2.75) is 46.1 Å². The number of benzene rings is 2. The van der Waals surface area contributed by atoms with Crippen molar-refractivity contribution in [1.82, 2.24) is 20.0 Å². The maximum absolute atomic E-state index is 13.6. The predicted octanol–water partition coefficient (Wildman–Crippen LogP) is 5.60. The highest BCUT2D eigenvalue weighted by Crippen LogP contribution is 2.33. The zero-order valence-corrected chi connectivity index (χ0v) is 20.3. The van der Waals surface area contributed by atoms with Crippen LogP contribution in [-0.4, -0.2) is 25.9 Å². The molecule has 0 unspecified atom stereocenters. The first-order valence-corrected chi connectivity index (χ1v) is 12.3. The highest BCUT2D eigenvalue weighted by atomic mass is 32.1. The molecular weight excluding hydrogens is 446 g/mol. The molecule has 0 saturated carbocycles. The van der Waals surface area contributed by atoms with Gasteiger partial charge in [-0.15, -0.1) is 10.2 Å². The summed E-state index contributed by atoms with van der Waals surface area (Å²) in [4.78, 5) is 27.0. The number of nitrogens with zero attached hydrogens (tertiary/aromatic N) is 4. The molecule has 2 heterocycles. The van der Waals surface area contributed by atoms with Gasteiger partial charge in [-0.2, -0.15) is 5.10 Å². The molecule has 0 radical (unpaired) electrons. The Morgan fingerprint density at radius 3 is 2.15 bits per heavy atom. The second-order valence-electron chi connectivity index (χ2n) is 7.86. The number of rotatable bonds is 8. The van der Waals surface area contributed by atoms with Crippen molar-refractivity contribution in [3.05, 3.63) is 81.6 Å². The molecule has 8 heteroatoms. The molecule has 4 rings (SSSR count). The van der Waals surface area contributed by atoms with E-state index < -0.39 is 11.5 Å². The Hall–Kier alpha value is -3.65. The maximum atomic E-state index is 13.6. The van der Waals surface area contributed by atoms with Crippen molar-refractivity contribution in [3.8, 4) is 22.4 Å². The number of hydrogen-bond acceptors (Lipinski definition) is 6. The predicted molar refractivity (Wildman–Crippen MR) is 136 cm³/mol. The van der Waals surface area contributed by atoms with Crippen molar-refractivity contribution in [2.75, 3.05) is 5.32 Å². The highest BCUT2D eigenvalue weighted by Gasteiger charge is 2.26. The lowest BCUT2D eigenvalue weighted by atomic mass is 9.95.